The molecule has 1 aliphatic heterocycles. The van der Waals surface area contributed by atoms with E-state index in [4.69, 9.17) is 18.9 Å². The van der Waals surface area contributed by atoms with E-state index in [0.717, 1.165) is 43.4 Å². The van der Waals surface area contributed by atoms with Crippen molar-refractivity contribution in [1.29, 1.82) is 0 Å². The van der Waals surface area contributed by atoms with E-state index in [0.29, 0.717) is 0 Å². The number of hydrogen-bond acceptors (Lipinski definition) is 6. The Morgan fingerprint density at radius 1 is 1.05 bits per heavy atom. The monoisotopic (exact) mass is 282 g/mol. The highest BCUT2D eigenvalue weighted by atomic mass is 16.7. The minimum absolute atomic E-state index is 0.215. The summed E-state index contributed by atoms with van der Waals surface area (Å²) in [5, 5.41) is 3.34. The molecule has 112 valence electrons. The number of hydrogen-bond donors (Lipinski definition) is 1. The van der Waals surface area contributed by atoms with Crippen LogP contribution in [0.3, 0.4) is 0 Å². The molecule has 1 aromatic carbocycles. The zero-order chi connectivity index (χ0) is 14.2. The Hall–Kier alpha value is -1.50. The van der Waals surface area contributed by atoms with Gasteiger partial charge in [-0.05, 0) is 12.1 Å². The van der Waals surface area contributed by atoms with Gasteiger partial charge in [-0.25, -0.2) is 0 Å². The summed E-state index contributed by atoms with van der Waals surface area (Å²) >= 11 is 0. The SMILES string of the molecule is COCOc1ccc(N2CCNCC2)c(OCOC)c1. The fourth-order valence-corrected chi connectivity index (χ4v) is 2.12. The fourth-order valence-electron chi connectivity index (χ4n) is 2.12. The number of rotatable bonds is 7. The Kier molecular flexibility index (Phi) is 5.91. The average Bonchev–Trinajstić information content (AvgIpc) is 2.51. The molecule has 2 rings (SSSR count). The molecule has 1 aromatic rings. The largest absolute Gasteiger partial charge is 0.467 e. The van der Waals surface area contributed by atoms with E-state index in [9.17, 15) is 0 Å². The van der Waals surface area contributed by atoms with Crippen LogP contribution in [0.5, 0.6) is 11.5 Å². The summed E-state index contributed by atoms with van der Waals surface area (Å²) in [5.74, 6) is 1.49. The number of benzene rings is 1. The summed E-state index contributed by atoms with van der Waals surface area (Å²) in [6, 6.07) is 5.81. The van der Waals surface area contributed by atoms with Gasteiger partial charge in [0.25, 0.3) is 0 Å². The molecule has 0 spiro atoms. The first-order valence-corrected chi connectivity index (χ1v) is 6.68. The van der Waals surface area contributed by atoms with Gasteiger partial charge in [-0.2, -0.15) is 0 Å². The molecule has 1 fully saturated rings. The lowest BCUT2D eigenvalue weighted by molar-refractivity contribution is 0.0462. The lowest BCUT2D eigenvalue weighted by Crippen LogP contribution is -2.43. The molecule has 0 atom stereocenters. The smallest absolute Gasteiger partial charge is 0.188 e. The number of nitrogens with zero attached hydrogens (tertiary/aromatic N) is 1. The zero-order valence-electron chi connectivity index (χ0n) is 12.1. The van der Waals surface area contributed by atoms with Crippen molar-refractivity contribution >= 4 is 5.69 Å². The van der Waals surface area contributed by atoms with E-state index >= 15 is 0 Å². The molecule has 1 heterocycles. The minimum Gasteiger partial charge on any atom is -0.467 e. The first-order valence-electron chi connectivity index (χ1n) is 6.68. The molecule has 20 heavy (non-hydrogen) atoms. The number of anilines is 1. The van der Waals surface area contributed by atoms with Gasteiger partial charge in [-0.1, -0.05) is 0 Å². The summed E-state index contributed by atoms with van der Waals surface area (Å²) in [7, 11) is 3.20. The van der Waals surface area contributed by atoms with Crippen LogP contribution in [0.4, 0.5) is 5.69 Å². The molecule has 0 bridgehead atoms. The molecule has 0 aromatic heterocycles. The highest BCUT2D eigenvalue weighted by Gasteiger charge is 2.16. The van der Waals surface area contributed by atoms with Gasteiger partial charge in [0, 0.05) is 46.5 Å². The summed E-state index contributed by atoms with van der Waals surface area (Å²) < 4.78 is 21.0. The second-order valence-electron chi connectivity index (χ2n) is 4.47. The minimum atomic E-state index is 0.215. The van der Waals surface area contributed by atoms with Gasteiger partial charge >= 0.3 is 0 Å². The van der Waals surface area contributed by atoms with E-state index in [1.54, 1.807) is 14.2 Å². The third kappa shape index (κ3) is 4.00. The van der Waals surface area contributed by atoms with E-state index < -0.39 is 0 Å². The van der Waals surface area contributed by atoms with E-state index in [1.165, 1.54) is 0 Å². The van der Waals surface area contributed by atoms with Crippen LogP contribution in [0.1, 0.15) is 0 Å². The van der Waals surface area contributed by atoms with Crippen molar-refractivity contribution in [2.75, 3.05) is 58.9 Å². The highest BCUT2D eigenvalue weighted by Crippen LogP contribution is 2.32. The fraction of sp³-hybridized carbons (Fsp3) is 0.571. The second-order valence-corrected chi connectivity index (χ2v) is 4.47. The van der Waals surface area contributed by atoms with Crippen molar-refractivity contribution < 1.29 is 18.9 Å². The van der Waals surface area contributed by atoms with Crippen molar-refractivity contribution in [1.82, 2.24) is 5.32 Å². The maximum absolute atomic E-state index is 5.66. The first kappa shape index (κ1) is 14.9. The van der Waals surface area contributed by atoms with Gasteiger partial charge in [0.2, 0.25) is 0 Å². The lowest BCUT2D eigenvalue weighted by atomic mass is 10.2. The topological polar surface area (TPSA) is 52.2 Å². The van der Waals surface area contributed by atoms with E-state index in [-0.39, 0.29) is 13.6 Å². The molecular weight excluding hydrogens is 260 g/mol. The Morgan fingerprint density at radius 2 is 1.75 bits per heavy atom. The quantitative estimate of drug-likeness (QED) is 0.755. The summed E-state index contributed by atoms with van der Waals surface area (Å²) in [6.07, 6.45) is 0. The van der Waals surface area contributed by atoms with Crippen molar-refractivity contribution in [3.05, 3.63) is 18.2 Å². The molecule has 1 N–H and O–H groups in total. The Bertz CT molecular complexity index is 408. The molecule has 0 amide bonds. The van der Waals surface area contributed by atoms with Gasteiger partial charge < -0.3 is 29.2 Å². The average molecular weight is 282 g/mol. The number of piperazine rings is 1. The van der Waals surface area contributed by atoms with Crippen molar-refractivity contribution in [2.45, 2.75) is 0 Å². The van der Waals surface area contributed by atoms with Gasteiger partial charge in [0.05, 0.1) is 5.69 Å². The third-order valence-corrected chi connectivity index (χ3v) is 3.06. The Balaban J connectivity index is 2.15. The molecule has 0 radical (unpaired) electrons. The number of nitrogens with one attached hydrogen (secondary N) is 1. The van der Waals surface area contributed by atoms with Gasteiger partial charge in [0.1, 0.15) is 11.5 Å². The molecule has 6 heteroatoms. The van der Waals surface area contributed by atoms with Gasteiger partial charge in [-0.3, -0.25) is 0 Å². The van der Waals surface area contributed by atoms with Gasteiger partial charge in [0.15, 0.2) is 13.6 Å². The third-order valence-electron chi connectivity index (χ3n) is 3.06. The predicted octanol–water partition coefficient (Wildman–Crippen LogP) is 1.06. The zero-order valence-corrected chi connectivity index (χ0v) is 12.1. The molecular formula is C14H22N2O4. The van der Waals surface area contributed by atoms with E-state index in [2.05, 4.69) is 10.2 Å². The second kappa shape index (κ2) is 7.94. The van der Waals surface area contributed by atoms with E-state index in [1.807, 2.05) is 18.2 Å². The molecule has 0 unspecified atom stereocenters. The highest BCUT2D eigenvalue weighted by molar-refractivity contribution is 5.61. The van der Waals surface area contributed by atoms with Crippen molar-refractivity contribution in [3.63, 3.8) is 0 Å². The van der Waals surface area contributed by atoms with Crippen LogP contribution in [-0.4, -0.2) is 54.0 Å². The van der Waals surface area contributed by atoms with Crippen LogP contribution in [0.2, 0.25) is 0 Å². The number of methoxy groups -OCH3 is 2. The Morgan fingerprint density at radius 3 is 2.45 bits per heavy atom. The molecule has 0 saturated carbocycles. The standard InChI is InChI=1S/C14H22N2O4/c1-17-10-19-12-3-4-13(14(9-12)20-11-18-2)16-7-5-15-6-8-16/h3-4,9,15H,5-8,10-11H2,1-2H3. The van der Waals surface area contributed by atoms with Crippen LogP contribution in [-0.2, 0) is 9.47 Å². The summed E-state index contributed by atoms with van der Waals surface area (Å²) in [5.41, 5.74) is 1.06. The Labute approximate surface area is 119 Å². The molecule has 1 aliphatic rings. The van der Waals surface area contributed by atoms with Crippen LogP contribution in [0, 0.1) is 0 Å². The van der Waals surface area contributed by atoms with Crippen LogP contribution in [0.15, 0.2) is 18.2 Å². The number of ether oxygens (including phenoxy) is 4. The van der Waals surface area contributed by atoms with Crippen molar-refractivity contribution in [3.8, 4) is 11.5 Å². The summed E-state index contributed by atoms with van der Waals surface area (Å²) in [4.78, 5) is 2.29. The lowest BCUT2D eigenvalue weighted by Gasteiger charge is -2.30. The maximum atomic E-state index is 5.66. The molecule has 6 nitrogen and oxygen atoms in total. The van der Waals surface area contributed by atoms with Crippen LogP contribution in [0.25, 0.3) is 0 Å². The normalized spacial score (nSPS) is 15.2. The molecule has 0 aliphatic carbocycles. The van der Waals surface area contributed by atoms with Crippen LogP contribution >= 0.6 is 0 Å². The first-order chi connectivity index (χ1) is 9.85. The van der Waals surface area contributed by atoms with Gasteiger partial charge in [-0.15, -0.1) is 0 Å². The van der Waals surface area contributed by atoms with Crippen LogP contribution < -0.4 is 19.7 Å². The van der Waals surface area contributed by atoms with Crippen molar-refractivity contribution in [2.24, 2.45) is 0 Å². The molecule has 1 saturated heterocycles. The summed E-state index contributed by atoms with van der Waals surface area (Å²) in [6.45, 7) is 4.31. The predicted molar refractivity (Wildman–Crippen MR) is 76.5 cm³/mol. The maximum Gasteiger partial charge on any atom is 0.188 e.